The van der Waals surface area contributed by atoms with Gasteiger partial charge in [0.2, 0.25) is 5.91 Å². The molecule has 1 rings (SSSR count). The SMILES string of the molecule is CCN(C)C(=O)CC1(CC(=O)O)CCCC1. The monoisotopic (exact) mass is 227 g/mol. The van der Waals surface area contributed by atoms with Gasteiger partial charge in [0.1, 0.15) is 0 Å². The first kappa shape index (κ1) is 13.0. The van der Waals surface area contributed by atoms with Crippen LogP contribution in [0.5, 0.6) is 0 Å². The molecule has 1 amide bonds. The molecule has 0 aromatic carbocycles. The van der Waals surface area contributed by atoms with Crippen molar-refractivity contribution in [2.24, 2.45) is 5.41 Å². The van der Waals surface area contributed by atoms with Crippen LogP contribution in [0.3, 0.4) is 0 Å². The maximum absolute atomic E-state index is 11.8. The minimum Gasteiger partial charge on any atom is -0.481 e. The maximum atomic E-state index is 11.8. The lowest BCUT2D eigenvalue weighted by Gasteiger charge is -2.28. The lowest BCUT2D eigenvalue weighted by Crippen LogP contribution is -2.33. The predicted molar refractivity (Wildman–Crippen MR) is 61.1 cm³/mol. The van der Waals surface area contributed by atoms with Gasteiger partial charge in [0.05, 0.1) is 6.42 Å². The van der Waals surface area contributed by atoms with Crippen LogP contribution < -0.4 is 0 Å². The third-order valence-corrected chi connectivity index (χ3v) is 3.62. The van der Waals surface area contributed by atoms with E-state index >= 15 is 0 Å². The molecule has 92 valence electrons. The summed E-state index contributed by atoms with van der Waals surface area (Å²) in [7, 11) is 1.77. The number of hydrogen-bond acceptors (Lipinski definition) is 2. The van der Waals surface area contributed by atoms with Crippen LogP contribution in [0.15, 0.2) is 0 Å². The van der Waals surface area contributed by atoms with Crippen LogP contribution in [-0.4, -0.2) is 35.5 Å². The molecule has 0 atom stereocenters. The largest absolute Gasteiger partial charge is 0.481 e. The number of amides is 1. The van der Waals surface area contributed by atoms with Crippen molar-refractivity contribution in [3.05, 3.63) is 0 Å². The molecular weight excluding hydrogens is 206 g/mol. The molecule has 0 unspecified atom stereocenters. The second kappa shape index (κ2) is 5.32. The molecule has 1 saturated carbocycles. The molecular formula is C12H21NO3. The first-order chi connectivity index (χ1) is 7.49. The van der Waals surface area contributed by atoms with Gasteiger partial charge in [0.15, 0.2) is 0 Å². The van der Waals surface area contributed by atoms with Gasteiger partial charge in [0, 0.05) is 20.0 Å². The summed E-state index contributed by atoms with van der Waals surface area (Å²) in [6.45, 7) is 2.61. The van der Waals surface area contributed by atoms with E-state index in [2.05, 4.69) is 0 Å². The van der Waals surface area contributed by atoms with E-state index in [0.29, 0.717) is 13.0 Å². The highest BCUT2D eigenvalue weighted by Crippen LogP contribution is 2.44. The summed E-state index contributed by atoms with van der Waals surface area (Å²) in [5.41, 5.74) is -0.271. The zero-order valence-corrected chi connectivity index (χ0v) is 10.2. The van der Waals surface area contributed by atoms with Crippen molar-refractivity contribution in [3.63, 3.8) is 0 Å². The van der Waals surface area contributed by atoms with Crippen molar-refractivity contribution >= 4 is 11.9 Å². The van der Waals surface area contributed by atoms with Gasteiger partial charge in [-0.1, -0.05) is 12.8 Å². The third kappa shape index (κ3) is 3.22. The number of hydrogen-bond donors (Lipinski definition) is 1. The van der Waals surface area contributed by atoms with Crippen LogP contribution in [0, 0.1) is 5.41 Å². The summed E-state index contributed by atoms with van der Waals surface area (Å²) in [5, 5.41) is 8.92. The number of nitrogens with zero attached hydrogens (tertiary/aromatic N) is 1. The van der Waals surface area contributed by atoms with Crippen LogP contribution in [0.4, 0.5) is 0 Å². The van der Waals surface area contributed by atoms with Crippen molar-refractivity contribution in [2.45, 2.75) is 45.4 Å². The van der Waals surface area contributed by atoms with E-state index < -0.39 is 5.97 Å². The summed E-state index contributed by atoms with van der Waals surface area (Å²) in [6.07, 6.45) is 4.39. The van der Waals surface area contributed by atoms with E-state index in [-0.39, 0.29) is 17.7 Å². The average Bonchev–Trinajstić information content (AvgIpc) is 2.63. The Hall–Kier alpha value is -1.06. The molecule has 0 aromatic heterocycles. The average molecular weight is 227 g/mol. The highest BCUT2D eigenvalue weighted by atomic mass is 16.4. The molecule has 0 aromatic rings. The molecule has 1 N–H and O–H groups in total. The quantitative estimate of drug-likeness (QED) is 0.780. The van der Waals surface area contributed by atoms with Gasteiger partial charge in [-0.15, -0.1) is 0 Å². The van der Waals surface area contributed by atoms with Gasteiger partial charge in [-0.2, -0.15) is 0 Å². The Morgan fingerprint density at radius 3 is 2.25 bits per heavy atom. The van der Waals surface area contributed by atoms with E-state index in [1.165, 1.54) is 0 Å². The second-order valence-corrected chi connectivity index (χ2v) is 4.86. The Labute approximate surface area is 96.6 Å². The molecule has 0 bridgehead atoms. The molecule has 0 radical (unpaired) electrons. The lowest BCUT2D eigenvalue weighted by molar-refractivity contribution is -0.141. The highest BCUT2D eigenvalue weighted by Gasteiger charge is 2.38. The van der Waals surface area contributed by atoms with Crippen LogP contribution >= 0.6 is 0 Å². The van der Waals surface area contributed by atoms with Crippen molar-refractivity contribution in [3.8, 4) is 0 Å². The first-order valence-corrected chi connectivity index (χ1v) is 5.95. The van der Waals surface area contributed by atoms with E-state index in [1.807, 2.05) is 6.92 Å². The molecule has 4 nitrogen and oxygen atoms in total. The number of aliphatic carboxylic acids is 1. The number of carbonyl (C=O) groups is 2. The molecule has 0 heterocycles. The van der Waals surface area contributed by atoms with Crippen LogP contribution in [-0.2, 0) is 9.59 Å². The zero-order valence-electron chi connectivity index (χ0n) is 10.2. The summed E-state index contributed by atoms with van der Waals surface area (Å²) in [4.78, 5) is 24.4. The first-order valence-electron chi connectivity index (χ1n) is 5.95. The van der Waals surface area contributed by atoms with E-state index in [1.54, 1.807) is 11.9 Å². The number of carboxylic acids is 1. The zero-order chi connectivity index (χ0) is 12.2. The molecule has 1 aliphatic rings. The van der Waals surface area contributed by atoms with Gasteiger partial charge in [-0.3, -0.25) is 9.59 Å². The Morgan fingerprint density at radius 1 is 1.25 bits per heavy atom. The molecule has 0 saturated heterocycles. The fourth-order valence-electron chi connectivity index (χ4n) is 2.49. The van der Waals surface area contributed by atoms with Gasteiger partial charge < -0.3 is 10.0 Å². The standard InChI is InChI=1S/C12H21NO3/c1-3-13(2)10(14)8-12(9-11(15)16)6-4-5-7-12/h3-9H2,1-2H3,(H,15,16). The smallest absolute Gasteiger partial charge is 0.303 e. The maximum Gasteiger partial charge on any atom is 0.303 e. The number of carboxylic acid groups (broad SMARTS) is 1. The van der Waals surface area contributed by atoms with Gasteiger partial charge in [-0.05, 0) is 25.2 Å². The summed E-state index contributed by atoms with van der Waals surface area (Å²) >= 11 is 0. The summed E-state index contributed by atoms with van der Waals surface area (Å²) in [6, 6.07) is 0. The Morgan fingerprint density at radius 2 is 1.81 bits per heavy atom. The Kier molecular flexibility index (Phi) is 4.33. The Balaban J connectivity index is 2.64. The van der Waals surface area contributed by atoms with Gasteiger partial charge in [0.25, 0.3) is 0 Å². The van der Waals surface area contributed by atoms with Crippen LogP contribution in [0.1, 0.15) is 45.4 Å². The minimum absolute atomic E-state index is 0.0747. The van der Waals surface area contributed by atoms with E-state index in [4.69, 9.17) is 5.11 Å². The topological polar surface area (TPSA) is 57.6 Å². The van der Waals surface area contributed by atoms with Gasteiger partial charge in [-0.25, -0.2) is 0 Å². The fraction of sp³-hybridized carbons (Fsp3) is 0.833. The third-order valence-electron chi connectivity index (χ3n) is 3.62. The van der Waals surface area contributed by atoms with Crippen molar-refractivity contribution in [1.82, 2.24) is 4.90 Å². The van der Waals surface area contributed by atoms with E-state index in [9.17, 15) is 9.59 Å². The fourth-order valence-corrected chi connectivity index (χ4v) is 2.49. The predicted octanol–water partition coefficient (Wildman–Crippen LogP) is 1.89. The summed E-state index contributed by atoms with van der Waals surface area (Å²) < 4.78 is 0. The highest BCUT2D eigenvalue weighted by molar-refractivity contribution is 5.78. The molecule has 1 aliphatic carbocycles. The lowest BCUT2D eigenvalue weighted by atomic mass is 9.79. The molecule has 4 heteroatoms. The second-order valence-electron chi connectivity index (χ2n) is 4.86. The molecule has 0 aliphatic heterocycles. The van der Waals surface area contributed by atoms with E-state index in [0.717, 1.165) is 25.7 Å². The normalized spacial score (nSPS) is 18.4. The van der Waals surface area contributed by atoms with Crippen LogP contribution in [0.25, 0.3) is 0 Å². The summed E-state index contributed by atoms with van der Waals surface area (Å²) in [5.74, 6) is -0.709. The molecule has 0 spiro atoms. The Bertz CT molecular complexity index is 269. The number of rotatable bonds is 5. The molecule has 16 heavy (non-hydrogen) atoms. The van der Waals surface area contributed by atoms with Crippen molar-refractivity contribution in [1.29, 1.82) is 0 Å². The molecule has 1 fully saturated rings. The van der Waals surface area contributed by atoms with Crippen molar-refractivity contribution < 1.29 is 14.7 Å². The van der Waals surface area contributed by atoms with Gasteiger partial charge >= 0.3 is 5.97 Å². The van der Waals surface area contributed by atoms with Crippen molar-refractivity contribution in [2.75, 3.05) is 13.6 Å². The minimum atomic E-state index is -0.783. The van der Waals surface area contributed by atoms with Crippen LogP contribution in [0.2, 0.25) is 0 Å². The number of carbonyl (C=O) groups excluding carboxylic acids is 1.